The maximum Gasteiger partial charge on any atom is 0.343 e. The maximum atomic E-state index is 12.7. The van der Waals surface area contributed by atoms with Gasteiger partial charge in [0.05, 0.1) is 5.02 Å². The van der Waals surface area contributed by atoms with Crippen molar-refractivity contribution >= 4 is 23.5 Å². The fourth-order valence-electron chi connectivity index (χ4n) is 1.01. The van der Waals surface area contributed by atoms with Crippen LogP contribution >= 0.6 is 11.6 Å². The van der Waals surface area contributed by atoms with E-state index in [1.807, 2.05) is 0 Å². The number of rotatable bonds is 3. The first kappa shape index (κ1) is 11.4. The minimum absolute atomic E-state index is 0.108. The third kappa shape index (κ3) is 2.91. The van der Waals surface area contributed by atoms with Crippen molar-refractivity contribution in [1.29, 1.82) is 0 Å². The van der Waals surface area contributed by atoms with Gasteiger partial charge in [0.2, 0.25) is 0 Å². The lowest BCUT2D eigenvalue weighted by molar-refractivity contribution is -0.132. The first-order valence-corrected chi connectivity index (χ1v) is 4.33. The predicted molar refractivity (Wildman–Crippen MR) is 52.0 cm³/mol. The van der Waals surface area contributed by atoms with E-state index in [1.54, 1.807) is 0 Å². The van der Waals surface area contributed by atoms with Gasteiger partial charge in [0.25, 0.3) is 0 Å². The number of carbonyl (C=O) groups is 1. The second kappa shape index (κ2) is 4.73. The Morgan fingerprint density at radius 2 is 2.20 bits per heavy atom. The van der Waals surface area contributed by atoms with E-state index in [9.17, 15) is 14.0 Å². The summed E-state index contributed by atoms with van der Waals surface area (Å²) in [4.78, 5) is 20.7. The molecule has 5 heteroatoms. The summed E-state index contributed by atoms with van der Waals surface area (Å²) in [5, 5.41) is 8.44. The van der Waals surface area contributed by atoms with Crippen LogP contribution in [0.25, 0.3) is 0 Å². The van der Waals surface area contributed by atoms with Crippen LogP contribution in [0.5, 0.6) is 0 Å². The number of carboxylic acid groups (broad SMARTS) is 1. The average molecular weight is 229 g/mol. The molecule has 0 unspecified atom stereocenters. The smallest absolute Gasteiger partial charge is 0.343 e. The minimum atomic E-state index is -1.34. The SMILES string of the molecule is O=C=C(Cc1ccc(F)c(Cl)c1)C(=O)O. The first-order chi connectivity index (χ1) is 7.04. The third-order valence-electron chi connectivity index (χ3n) is 1.75. The Labute approximate surface area is 89.8 Å². The molecule has 0 aliphatic heterocycles. The summed E-state index contributed by atoms with van der Waals surface area (Å²) in [7, 11) is 0. The number of carbonyl (C=O) groups excluding carboxylic acids is 1. The zero-order valence-electron chi connectivity index (χ0n) is 7.46. The van der Waals surface area contributed by atoms with Crippen LogP contribution in [0.4, 0.5) is 4.39 Å². The second-order valence-electron chi connectivity index (χ2n) is 2.81. The van der Waals surface area contributed by atoms with E-state index in [4.69, 9.17) is 16.7 Å². The predicted octanol–water partition coefficient (Wildman–Crippen LogP) is 1.86. The molecule has 78 valence electrons. The van der Waals surface area contributed by atoms with Gasteiger partial charge in [-0.25, -0.2) is 14.0 Å². The molecule has 1 rings (SSSR count). The average Bonchev–Trinajstić information content (AvgIpc) is 2.19. The van der Waals surface area contributed by atoms with Gasteiger partial charge in [0, 0.05) is 6.42 Å². The fraction of sp³-hybridized carbons (Fsp3) is 0.100. The summed E-state index contributed by atoms with van der Waals surface area (Å²) >= 11 is 5.49. The minimum Gasteiger partial charge on any atom is -0.477 e. The summed E-state index contributed by atoms with van der Waals surface area (Å²) in [5.74, 6) is -0.618. The molecule has 0 bridgehead atoms. The highest BCUT2D eigenvalue weighted by Crippen LogP contribution is 2.17. The fourth-order valence-corrected chi connectivity index (χ4v) is 1.21. The summed E-state index contributed by atoms with van der Waals surface area (Å²) in [6.45, 7) is 0. The molecule has 0 amide bonds. The van der Waals surface area contributed by atoms with Gasteiger partial charge in [-0.15, -0.1) is 0 Å². The summed E-state index contributed by atoms with van der Waals surface area (Å²) in [5.41, 5.74) is 0.0276. The van der Waals surface area contributed by atoms with Crippen molar-refractivity contribution < 1.29 is 19.1 Å². The summed E-state index contributed by atoms with van der Waals surface area (Å²) < 4.78 is 12.7. The maximum absolute atomic E-state index is 12.7. The molecule has 0 saturated heterocycles. The molecule has 15 heavy (non-hydrogen) atoms. The second-order valence-corrected chi connectivity index (χ2v) is 3.22. The van der Waals surface area contributed by atoms with E-state index in [0.717, 1.165) is 6.07 Å². The monoisotopic (exact) mass is 228 g/mol. The molecule has 0 aromatic heterocycles. The lowest BCUT2D eigenvalue weighted by Crippen LogP contribution is -2.04. The van der Waals surface area contributed by atoms with Gasteiger partial charge in [-0.3, -0.25) is 0 Å². The zero-order valence-corrected chi connectivity index (χ0v) is 8.21. The lowest BCUT2D eigenvalue weighted by Gasteiger charge is -2.00. The van der Waals surface area contributed by atoms with Crippen molar-refractivity contribution in [2.24, 2.45) is 0 Å². The first-order valence-electron chi connectivity index (χ1n) is 3.95. The molecule has 0 atom stereocenters. The molecule has 1 aromatic carbocycles. The van der Waals surface area contributed by atoms with Crippen LogP contribution in [0.15, 0.2) is 23.8 Å². The van der Waals surface area contributed by atoms with Gasteiger partial charge in [0.15, 0.2) is 0 Å². The number of hydrogen-bond acceptors (Lipinski definition) is 2. The van der Waals surface area contributed by atoms with Crippen molar-refractivity contribution in [3.63, 3.8) is 0 Å². The molecule has 0 aliphatic rings. The quantitative estimate of drug-likeness (QED) is 0.635. The van der Waals surface area contributed by atoms with Crippen molar-refractivity contribution in [2.75, 3.05) is 0 Å². The molecule has 0 saturated carbocycles. The molecule has 1 N–H and O–H groups in total. The van der Waals surface area contributed by atoms with E-state index in [-0.39, 0.29) is 11.4 Å². The Kier molecular flexibility index (Phi) is 3.61. The highest BCUT2D eigenvalue weighted by Gasteiger charge is 2.10. The molecule has 0 spiro atoms. The third-order valence-corrected chi connectivity index (χ3v) is 2.04. The Balaban J connectivity index is 2.95. The van der Waals surface area contributed by atoms with Crippen LogP contribution < -0.4 is 0 Å². The Bertz CT molecular complexity index is 450. The zero-order chi connectivity index (χ0) is 11.4. The highest BCUT2D eigenvalue weighted by atomic mass is 35.5. The molecule has 1 aromatic rings. The largest absolute Gasteiger partial charge is 0.477 e. The molecule has 0 fully saturated rings. The van der Waals surface area contributed by atoms with Gasteiger partial charge in [-0.2, -0.15) is 0 Å². The van der Waals surface area contributed by atoms with E-state index in [1.165, 1.54) is 18.1 Å². The van der Waals surface area contributed by atoms with Crippen LogP contribution in [0, 0.1) is 5.82 Å². The lowest BCUT2D eigenvalue weighted by atomic mass is 10.1. The van der Waals surface area contributed by atoms with Crippen molar-refractivity contribution in [1.82, 2.24) is 0 Å². The van der Waals surface area contributed by atoms with Gasteiger partial charge in [-0.05, 0) is 17.7 Å². The molecular formula is C10H6ClFO3. The standard InChI is InChI=1S/C10H6ClFO3/c11-8-4-6(1-2-9(8)12)3-7(5-13)10(14)15/h1-2,4H,3H2,(H,14,15). The van der Waals surface area contributed by atoms with Crippen LogP contribution in [0.2, 0.25) is 5.02 Å². The molecule has 0 aliphatic carbocycles. The molecular weight excluding hydrogens is 223 g/mol. The van der Waals surface area contributed by atoms with Crippen LogP contribution in [-0.2, 0) is 16.0 Å². The topological polar surface area (TPSA) is 54.4 Å². The summed E-state index contributed by atoms with van der Waals surface area (Å²) in [6.07, 6.45) is -0.126. The van der Waals surface area contributed by atoms with Gasteiger partial charge in [0.1, 0.15) is 17.3 Å². The number of carboxylic acids is 1. The van der Waals surface area contributed by atoms with Crippen molar-refractivity contribution in [3.05, 3.63) is 40.2 Å². The van der Waals surface area contributed by atoms with Crippen LogP contribution in [0.1, 0.15) is 5.56 Å². The molecule has 3 nitrogen and oxygen atoms in total. The molecule has 0 radical (unpaired) electrons. The van der Waals surface area contributed by atoms with Crippen LogP contribution in [0.3, 0.4) is 0 Å². The van der Waals surface area contributed by atoms with Crippen molar-refractivity contribution in [3.8, 4) is 0 Å². The van der Waals surface area contributed by atoms with Gasteiger partial charge < -0.3 is 5.11 Å². The number of hydrogen-bond donors (Lipinski definition) is 1. The normalized spacial score (nSPS) is 9.47. The number of halogens is 2. The van der Waals surface area contributed by atoms with Gasteiger partial charge in [-0.1, -0.05) is 17.7 Å². The van der Waals surface area contributed by atoms with E-state index >= 15 is 0 Å². The number of aliphatic carboxylic acids is 1. The van der Waals surface area contributed by atoms with E-state index in [2.05, 4.69) is 0 Å². The Morgan fingerprint density at radius 1 is 1.53 bits per heavy atom. The summed E-state index contributed by atoms with van der Waals surface area (Å²) in [6, 6.07) is 3.75. The highest BCUT2D eigenvalue weighted by molar-refractivity contribution is 6.30. The van der Waals surface area contributed by atoms with E-state index < -0.39 is 17.4 Å². The molecule has 0 heterocycles. The van der Waals surface area contributed by atoms with Crippen molar-refractivity contribution in [2.45, 2.75) is 6.42 Å². The van der Waals surface area contributed by atoms with E-state index in [0.29, 0.717) is 5.56 Å². The Morgan fingerprint density at radius 3 is 2.67 bits per heavy atom. The van der Waals surface area contributed by atoms with Crippen LogP contribution in [-0.4, -0.2) is 17.0 Å². The van der Waals surface area contributed by atoms with Gasteiger partial charge >= 0.3 is 5.97 Å². The number of benzene rings is 1. The Hall–Kier alpha value is -1.64.